The van der Waals surface area contributed by atoms with E-state index in [1.165, 1.54) is 32.1 Å². The van der Waals surface area contributed by atoms with Crippen LogP contribution in [-0.4, -0.2) is 13.3 Å². The molecular weight excluding hydrogens is 196 g/mol. The van der Waals surface area contributed by atoms with Crippen molar-refractivity contribution < 1.29 is 0 Å². The van der Waals surface area contributed by atoms with Crippen molar-refractivity contribution in [1.82, 2.24) is 0 Å². The van der Waals surface area contributed by atoms with E-state index in [2.05, 4.69) is 23.4 Å². The average Bonchev–Trinajstić information content (AvgIpc) is 2.38. The van der Waals surface area contributed by atoms with Gasteiger partial charge < -0.3 is 0 Å². The Balaban J connectivity index is 1.91. The summed E-state index contributed by atoms with van der Waals surface area (Å²) < 4.78 is 0. The van der Waals surface area contributed by atoms with Gasteiger partial charge in [0.1, 0.15) is 0 Å². The number of para-hydroxylation sites is 1. The van der Waals surface area contributed by atoms with E-state index in [9.17, 15) is 0 Å². The second-order valence-corrected chi connectivity index (χ2v) is 4.52. The molecule has 0 bridgehead atoms. The van der Waals surface area contributed by atoms with Crippen molar-refractivity contribution in [3.05, 3.63) is 30.3 Å². The number of rotatable bonds is 3. The van der Waals surface area contributed by atoms with E-state index in [0.717, 1.165) is 5.69 Å². The maximum absolute atomic E-state index is 4.53. The average molecular weight is 216 g/mol. The molecule has 0 amide bonds. The highest BCUT2D eigenvalue weighted by Gasteiger charge is 2.10. The quantitative estimate of drug-likeness (QED) is 0.556. The molecule has 0 spiro atoms. The first-order valence-electron chi connectivity index (χ1n) is 6.19. The SMILES string of the molecule is CN(/N=C/C1CCCCC1)c1ccccc1. The molecule has 0 N–H and O–H groups in total. The fourth-order valence-corrected chi connectivity index (χ4v) is 2.19. The number of nitrogens with zero attached hydrogens (tertiary/aromatic N) is 2. The van der Waals surface area contributed by atoms with Crippen LogP contribution in [0.3, 0.4) is 0 Å². The summed E-state index contributed by atoms with van der Waals surface area (Å²) >= 11 is 0. The lowest BCUT2D eigenvalue weighted by Gasteiger charge is -2.19. The molecule has 16 heavy (non-hydrogen) atoms. The lowest BCUT2D eigenvalue weighted by atomic mass is 9.90. The second-order valence-electron chi connectivity index (χ2n) is 4.52. The van der Waals surface area contributed by atoms with Crippen LogP contribution >= 0.6 is 0 Å². The second kappa shape index (κ2) is 5.69. The molecular formula is C14H20N2. The number of anilines is 1. The summed E-state index contributed by atoms with van der Waals surface area (Å²) in [6, 6.07) is 10.3. The summed E-state index contributed by atoms with van der Waals surface area (Å²) in [6.07, 6.45) is 8.89. The van der Waals surface area contributed by atoms with Crippen LogP contribution in [0.1, 0.15) is 32.1 Å². The maximum Gasteiger partial charge on any atom is 0.0590 e. The summed E-state index contributed by atoms with van der Waals surface area (Å²) in [5, 5.41) is 6.48. The first-order chi connectivity index (χ1) is 7.86. The first-order valence-corrected chi connectivity index (χ1v) is 6.19. The van der Waals surface area contributed by atoms with Gasteiger partial charge in [0.2, 0.25) is 0 Å². The molecule has 0 atom stereocenters. The summed E-state index contributed by atoms with van der Waals surface area (Å²) in [5.74, 6) is 0.694. The van der Waals surface area contributed by atoms with E-state index >= 15 is 0 Å². The third-order valence-electron chi connectivity index (χ3n) is 3.23. The Kier molecular flexibility index (Phi) is 3.97. The van der Waals surface area contributed by atoms with Gasteiger partial charge in [-0.25, -0.2) is 0 Å². The standard InChI is InChI=1S/C14H20N2/c1-16(14-10-6-3-7-11-14)15-12-13-8-4-2-5-9-13/h3,6-7,10-13H,2,4-5,8-9H2,1H3/b15-12+. The molecule has 2 heteroatoms. The predicted molar refractivity (Wildman–Crippen MR) is 69.9 cm³/mol. The number of benzene rings is 1. The zero-order valence-electron chi connectivity index (χ0n) is 9.97. The molecule has 1 saturated carbocycles. The van der Waals surface area contributed by atoms with Gasteiger partial charge in [-0.1, -0.05) is 37.5 Å². The highest BCUT2D eigenvalue weighted by molar-refractivity contribution is 5.63. The number of hydrogen-bond acceptors (Lipinski definition) is 2. The van der Waals surface area contributed by atoms with Crippen molar-refractivity contribution in [2.75, 3.05) is 12.1 Å². The van der Waals surface area contributed by atoms with Crippen molar-refractivity contribution >= 4 is 11.9 Å². The summed E-state index contributed by atoms with van der Waals surface area (Å²) in [4.78, 5) is 0. The topological polar surface area (TPSA) is 15.6 Å². The molecule has 0 unspecified atom stereocenters. The van der Waals surface area contributed by atoms with E-state index in [4.69, 9.17) is 0 Å². The fourth-order valence-electron chi connectivity index (χ4n) is 2.19. The lowest BCUT2D eigenvalue weighted by molar-refractivity contribution is 0.444. The Morgan fingerprint density at radius 1 is 1.12 bits per heavy atom. The van der Waals surface area contributed by atoms with Gasteiger partial charge in [0, 0.05) is 13.3 Å². The van der Waals surface area contributed by atoms with Crippen molar-refractivity contribution in [3.8, 4) is 0 Å². The Labute approximate surface area is 98.0 Å². The molecule has 2 nitrogen and oxygen atoms in total. The van der Waals surface area contributed by atoms with Crippen LogP contribution in [0.2, 0.25) is 0 Å². The molecule has 2 rings (SSSR count). The number of hydrogen-bond donors (Lipinski definition) is 0. The Morgan fingerprint density at radius 2 is 1.81 bits per heavy atom. The Bertz CT molecular complexity index is 326. The lowest BCUT2D eigenvalue weighted by Crippen LogP contribution is -2.13. The number of hydrazone groups is 1. The molecule has 0 radical (unpaired) electrons. The fraction of sp³-hybridized carbons (Fsp3) is 0.500. The van der Waals surface area contributed by atoms with Gasteiger partial charge in [0.15, 0.2) is 0 Å². The van der Waals surface area contributed by atoms with Gasteiger partial charge in [-0.2, -0.15) is 5.10 Å². The van der Waals surface area contributed by atoms with Crippen LogP contribution in [0.25, 0.3) is 0 Å². The van der Waals surface area contributed by atoms with Crippen molar-refractivity contribution in [3.63, 3.8) is 0 Å². The van der Waals surface area contributed by atoms with E-state index in [1.54, 1.807) is 0 Å². The van der Waals surface area contributed by atoms with Crippen LogP contribution in [0.4, 0.5) is 5.69 Å². The molecule has 1 fully saturated rings. The minimum atomic E-state index is 0.694. The van der Waals surface area contributed by atoms with Gasteiger partial charge >= 0.3 is 0 Å². The normalized spacial score (nSPS) is 17.8. The Morgan fingerprint density at radius 3 is 2.50 bits per heavy atom. The van der Waals surface area contributed by atoms with Crippen molar-refractivity contribution in [2.24, 2.45) is 11.0 Å². The zero-order chi connectivity index (χ0) is 11.2. The minimum Gasteiger partial charge on any atom is -0.269 e. The summed E-state index contributed by atoms with van der Waals surface area (Å²) in [5.41, 5.74) is 1.15. The van der Waals surface area contributed by atoms with Gasteiger partial charge in [-0.15, -0.1) is 0 Å². The summed E-state index contributed by atoms with van der Waals surface area (Å²) in [7, 11) is 2.01. The van der Waals surface area contributed by atoms with Crippen LogP contribution in [-0.2, 0) is 0 Å². The largest absolute Gasteiger partial charge is 0.269 e. The monoisotopic (exact) mass is 216 g/mol. The first kappa shape index (κ1) is 11.2. The molecule has 1 aliphatic carbocycles. The third-order valence-corrected chi connectivity index (χ3v) is 3.23. The molecule has 0 saturated heterocycles. The minimum absolute atomic E-state index is 0.694. The highest BCUT2D eigenvalue weighted by atomic mass is 15.4. The van der Waals surface area contributed by atoms with Crippen molar-refractivity contribution in [1.29, 1.82) is 0 Å². The van der Waals surface area contributed by atoms with Crippen molar-refractivity contribution in [2.45, 2.75) is 32.1 Å². The van der Waals surface area contributed by atoms with E-state index in [1.807, 2.05) is 30.3 Å². The van der Waals surface area contributed by atoms with E-state index < -0.39 is 0 Å². The molecule has 0 aromatic heterocycles. The van der Waals surface area contributed by atoms with E-state index in [0.29, 0.717) is 5.92 Å². The molecule has 0 heterocycles. The van der Waals surface area contributed by atoms with Gasteiger partial charge in [0.25, 0.3) is 0 Å². The van der Waals surface area contributed by atoms with Gasteiger partial charge in [0.05, 0.1) is 5.69 Å². The molecule has 1 aromatic rings. The smallest absolute Gasteiger partial charge is 0.0590 e. The molecule has 0 aliphatic heterocycles. The van der Waals surface area contributed by atoms with Crippen LogP contribution in [0, 0.1) is 5.92 Å². The molecule has 1 aliphatic rings. The van der Waals surface area contributed by atoms with Gasteiger partial charge in [-0.05, 0) is 30.9 Å². The zero-order valence-corrected chi connectivity index (χ0v) is 9.97. The molecule has 86 valence electrons. The Hall–Kier alpha value is -1.31. The maximum atomic E-state index is 4.53. The molecule has 1 aromatic carbocycles. The highest BCUT2D eigenvalue weighted by Crippen LogP contribution is 2.22. The van der Waals surface area contributed by atoms with Gasteiger partial charge in [-0.3, -0.25) is 5.01 Å². The third kappa shape index (κ3) is 3.09. The summed E-state index contributed by atoms with van der Waals surface area (Å²) in [6.45, 7) is 0. The van der Waals surface area contributed by atoms with Crippen LogP contribution in [0.5, 0.6) is 0 Å². The van der Waals surface area contributed by atoms with E-state index in [-0.39, 0.29) is 0 Å². The predicted octanol–water partition coefficient (Wildman–Crippen LogP) is 3.69. The van der Waals surface area contributed by atoms with Crippen LogP contribution < -0.4 is 5.01 Å². The van der Waals surface area contributed by atoms with Crippen LogP contribution in [0.15, 0.2) is 35.4 Å².